The minimum atomic E-state index is 0. The first-order chi connectivity index (χ1) is 7.72. The molecule has 1 saturated carbocycles. The maximum atomic E-state index is 11.6. The smallest absolute Gasteiger partial charge is 0.220 e. The van der Waals surface area contributed by atoms with Gasteiger partial charge in [0.1, 0.15) is 0 Å². The first-order valence-electron chi connectivity index (χ1n) is 6.69. The number of nitrogens with two attached hydrogens (primary N) is 1. The molecule has 3 N–H and O–H groups in total. The third kappa shape index (κ3) is 7.61. The van der Waals surface area contributed by atoms with Crippen molar-refractivity contribution < 1.29 is 4.79 Å². The predicted octanol–water partition coefficient (Wildman–Crippen LogP) is 2.48. The lowest BCUT2D eigenvalue weighted by Gasteiger charge is -2.26. The van der Waals surface area contributed by atoms with Gasteiger partial charge in [0.25, 0.3) is 0 Å². The van der Waals surface area contributed by atoms with Gasteiger partial charge in [-0.1, -0.05) is 19.8 Å². The quantitative estimate of drug-likeness (QED) is 0.723. The number of rotatable bonds is 6. The fourth-order valence-corrected chi connectivity index (χ4v) is 2.58. The normalized spacial score (nSPS) is 23.9. The molecule has 0 heterocycles. The number of hydrogen-bond donors (Lipinski definition) is 2. The van der Waals surface area contributed by atoms with E-state index < -0.39 is 0 Å². The van der Waals surface area contributed by atoms with Crippen LogP contribution in [0.2, 0.25) is 0 Å². The topological polar surface area (TPSA) is 55.1 Å². The van der Waals surface area contributed by atoms with Crippen molar-refractivity contribution in [3.63, 3.8) is 0 Å². The van der Waals surface area contributed by atoms with Crippen LogP contribution in [0.5, 0.6) is 0 Å². The molecule has 2 atom stereocenters. The SMILES string of the molecule is CC1CCCC(CC(=O)NCCCCN)C1.Cl. The van der Waals surface area contributed by atoms with Crippen LogP contribution in [0.15, 0.2) is 0 Å². The van der Waals surface area contributed by atoms with Gasteiger partial charge >= 0.3 is 0 Å². The maximum Gasteiger partial charge on any atom is 0.220 e. The molecule has 0 spiro atoms. The van der Waals surface area contributed by atoms with Crippen LogP contribution in [-0.4, -0.2) is 19.0 Å². The van der Waals surface area contributed by atoms with Gasteiger partial charge in [0, 0.05) is 13.0 Å². The third-order valence-electron chi connectivity index (χ3n) is 3.47. The van der Waals surface area contributed by atoms with E-state index in [1.54, 1.807) is 0 Å². The Bertz CT molecular complexity index is 212. The molecule has 4 heteroatoms. The largest absolute Gasteiger partial charge is 0.356 e. The summed E-state index contributed by atoms with van der Waals surface area (Å²) in [5.74, 6) is 1.66. The Morgan fingerprint density at radius 1 is 1.35 bits per heavy atom. The number of hydrogen-bond acceptors (Lipinski definition) is 2. The molecule has 0 aromatic rings. The fraction of sp³-hybridized carbons (Fsp3) is 0.923. The molecule has 3 nitrogen and oxygen atoms in total. The Kier molecular flexibility index (Phi) is 9.56. The summed E-state index contributed by atoms with van der Waals surface area (Å²) in [6.45, 7) is 3.81. The zero-order valence-electron chi connectivity index (χ0n) is 10.9. The van der Waals surface area contributed by atoms with E-state index in [1.165, 1.54) is 25.7 Å². The standard InChI is InChI=1S/C13H26N2O.ClH/c1-11-5-4-6-12(9-11)10-13(16)15-8-3-2-7-14;/h11-12H,2-10,14H2,1H3,(H,15,16);1H. The Balaban J connectivity index is 0.00000256. The predicted molar refractivity (Wildman–Crippen MR) is 74.3 cm³/mol. The monoisotopic (exact) mass is 262 g/mol. The van der Waals surface area contributed by atoms with Crippen LogP contribution in [0, 0.1) is 11.8 Å². The lowest BCUT2D eigenvalue weighted by Crippen LogP contribution is -2.28. The van der Waals surface area contributed by atoms with E-state index in [0.717, 1.165) is 38.3 Å². The van der Waals surface area contributed by atoms with Gasteiger partial charge in [-0.3, -0.25) is 4.79 Å². The van der Waals surface area contributed by atoms with Gasteiger partial charge in [-0.25, -0.2) is 0 Å². The Morgan fingerprint density at radius 2 is 2.12 bits per heavy atom. The molecule has 1 amide bonds. The zero-order chi connectivity index (χ0) is 11.8. The highest BCUT2D eigenvalue weighted by molar-refractivity contribution is 5.85. The van der Waals surface area contributed by atoms with E-state index in [1.807, 2.05) is 0 Å². The highest BCUT2D eigenvalue weighted by Gasteiger charge is 2.20. The van der Waals surface area contributed by atoms with Crippen molar-refractivity contribution in [1.29, 1.82) is 0 Å². The first kappa shape index (κ1) is 16.7. The lowest BCUT2D eigenvalue weighted by atomic mass is 9.81. The Hall–Kier alpha value is -0.280. The second kappa shape index (κ2) is 9.72. The summed E-state index contributed by atoms with van der Waals surface area (Å²) in [5, 5.41) is 2.99. The minimum absolute atomic E-state index is 0. The molecule has 1 rings (SSSR count). The van der Waals surface area contributed by atoms with Crippen LogP contribution in [0.3, 0.4) is 0 Å². The fourth-order valence-electron chi connectivity index (χ4n) is 2.58. The van der Waals surface area contributed by atoms with Crippen LogP contribution >= 0.6 is 12.4 Å². The van der Waals surface area contributed by atoms with Gasteiger partial charge < -0.3 is 11.1 Å². The molecule has 0 saturated heterocycles. The van der Waals surface area contributed by atoms with Gasteiger partial charge in [-0.05, 0) is 44.1 Å². The summed E-state index contributed by atoms with van der Waals surface area (Å²) < 4.78 is 0. The molecule has 2 unspecified atom stereocenters. The summed E-state index contributed by atoms with van der Waals surface area (Å²) >= 11 is 0. The molecule has 17 heavy (non-hydrogen) atoms. The number of nitrogens with one attached hydrogen (secondary N) is 1. The van der Waals surface area contributed by atoms with E-state index in [2.05, 4.69) is 12.2 Å². The number of carbonyl (C=O) groups is 1. The summed E-state index contributed by atoms with van der Waals surface area (Å²) in [7, 11) is 0. The van der Waals surface area contributed by atoms with Crippen molar-refractivity contribution in [2.24, 2.45) is 17.6 Å². The van der Waals surface area contributed by atoms with Crippen LogP contribution in [0.25, 0.3) is 0 Å². The van der Waals surface area contributed by atoms with Gasteiger partial charge in [0.05, 0.1) is 0 Å². The van der Waals surface area contributed by atoms with E-state index in [4.69, 9.17) is 5.73 Å². The maximum absolute atomic E-state index is 11.6. The van der Waals surface area contributed by atoms with Crippen molar-refractivity contribution >= 4 is 18.3 Å². The molecule has 102 valence electrons. The van der Waals surface area contributed by atoms with Crippen molar-refractivity contribution in [2.75, 3.05) is 13.1 Å². The third-order valence-corrected chi connectivity index (χ3v) is 3.47. The van der Waals surface area contributed by atoms with Gasteiger partial charge in [0.15, 0.2) is 0 Å². The van der Waals surface area contributed by atoms with Crippen molar-refractivity contribution in [3.8, 4) is 0 Å². The highest BCUT2D eigenvalue weighted by Crippen LogP contribution is 2.30. The van der Waals surface area contributed by atoms with E-state index in [9.17, 15) is 4.79 Å². The summed E-state index contributed by atoms with van der Waals surface area (Å²) in [4.78, 5) is 11.6. The molecule has 1 aliphatic rings. The first-order valence-corrected chi connectivity index (χ1v) is 6.69. The molecule has 0 radical (unpaired) electrons. The average Bonchev–Trinajstić information content (AvgIpc) is 2.24. The minimum Gasteiger partial charge on any atom is -0.356 e. The number of unbranched alkanes of at least 4 members (excludes halogenated alkanes) is 1. The highest BCUT2D eigenvalue weighted by atomic mass is 35.5. The zero-order valence-corrected chi connectivity index (χ0v) is 11.7. The number of halogens is 1. The van der Waals surface area contributed by atoms with Crippen LogP contribution in [0.4, 0.5) is 0 Å². The average molecular weight is 263 g/mol. The molecule has 1 aliphatic carbocycles. The molecule has 0 aliphatic heterocycles. The van der Waals surface area contributed by atoms with Crippen LogP contribution < -0.4 is 11.1 Å². The van der Waals surface area contributed by atoms with Crippen LogP contribution in [-0.2, 0) is 4.79 Å². The summed E-state index contributed by atoms with van der Waals surface area (Å²) in [5.41, 5.74) is 5.40. The van der Waals surface area contributed by atoms with Crippen molar-refractivity contribution in [1.82, 2.24) is 5.32 Å². The second-order valence-corrected chi connectivity index (χ2v) is 5.19. The molecule has 0 aromatic carbocycles. The van der Waals surface area contributed by atoms with Gasteiger partial charge in [-0.15, -0.1) is 12.4 Å². The summed E-state index contributed by atoms with van der Waals surface area (Å²) in [6.07, 6.45) is 7.84. The molecule has 1 fully saturated rings. The van der Waals surface area contributed by atoms with E-state index in [0.29, 0.717) is 5.92 Å². The molecular formula is C13H27ClN2O. The van der Waals surface area contributed by atoms with Gasteiger partial charge in [0.2, 0.25) is 5.91 Å². The van der Waals surface area contributed by atoms with E-state index >= 15 is 0 Å². The van der Waals surface area contributed by atoms with Crippen molar-refractivity contribution in [3.05, 3.63) is 0 Å². The molecular weight excluding hydrogens is 236 g/mol. The van der Waals surface area contributed by atoms with Gasteiger partial charge in [-0.2, -0.15) is 0 Å². The number of carbonyl (C=O) groups excluding carboxylic acids is 1. The molecule has 0 aromatic heterocycles. The van der Waals surface area contributed by atoms with Crippen LogP contribution in [0.1, 0.15) is 51.9 Å². The second-order valence-electron chi connectivity index (χ2n) is 5.19. The lowest BCUT2D eigenvalue weighted by molar-refractivity contribution is -0.122. The number of amides is 1. The summed E-state index contributed by atoms with van der Waals surface area (Å²) in [6, 6.07) is 0. The Labute approximate surface area is 111 Å². The molecule has 0 bridgehead atoms. The van der Waals surface area contributed by atoms with E-state index in [-0.39, 0.29) is 18.3 Å². The van der Waals surface area contributed by atoms with Crippen molar-refractivity contribution in [2.45, 2.75) is 51.9 Å². The Morgan fingerprint density at radius 3 is 2.76 bits per heavy atom.